The molecule has 0 amide bonds. The third-order valence-electron chi connectivity index (χ3n) is 2.46. The zero-order chi connectivity index (χ0) is 8.97. The summed E-state index contributed by atoms with van der Waals surface area (Å²) in [6.07, 6.45) is 3.65. The number of rotatable bonds is 2. The lowest BCUT2D eigenvalue weighted by molar-refractivity contribution is 0.173. The molecule has 0 atom stereocenters. The summed E-state index contributed by atoms with van der Waals surface area (Å²) in [6.45, 7) is 6.52. The highest BCUT2D eigenvalue weighted by Gasteiger charge is 2.19. The molecule has 0 radical (unpaired) electrons. The first-order chi connectivity index (χ1) is 5.74. The maximum Gasteiger partial charge on any atom is 0.235 e. The monoisotopic (exact) mass is 168 g/mol. The van der Waals surface area contributed by atoms with Crippen molar-refractivity contribution in [2.24, 2.45) is 4.99 Å². The Hall–Kier alpha value is -0.660. The van der Waals surface area contributed by atoms with E-state index in [1.54, 1.807) is 6.08 Å². The zero-order valence-electron chi connectivity index (χ0n) is 7.79. The third-order valence-corrected chi connectivity index (χ3v) is 2.46. The topological polar surface area (TPSA) is 32.7 Å². The highest BCUT2D eigenvalue weighted by atomic mass is 16.1. The summed E-state index contributed by atoms with van der Waals surface area (Å²) >= 11 is 0. The molecular weight excluding hydrogens is 152 g/mol. The number of isocyanates is 1. The summed E-state index contributed by atoms with van der Waals surface area (Å²) < 4.78 is 0. The van der Waals surface area contributed by atoms with Gasteiger partial charge in [-0.15, -0.1) is 0 Å². The van der Waals surface area contributed by atoms with Crippen LogP contribution in [0.5, 0.6) is 0 Å². The van der Waals surface area contributed by atoms with Crippen LogP contribution in [0.1, 0.15) is 26.7 Å². The maximum absolute atomic E-state index is 9.98. The summed E-state index contributed by atoms with van der Waals surface area (Å²) in [5.74, 6) is 0. The van der Waals surface area contributed by atoms with Gasteiger partial charge >= 0.3 is 0 Å². The number of carbonyl (C=O) groups excluding carboxylic acids is 1. The summed E-state index contributed by atoms with van der Waals surface area (Å²) in [7, 11) is 0. The lowest BCUT2D eigenvalue weighted by Gasteiger charge is -2.32. The molecule has 1 aliphatic rings. The summed E-state index contributed by atoms with van der Waals surface area (Å²) in [5.41, 5.74) is 0. The minimum atomic E-state index is 0.234. The van der Waals surface area contributed by atoms with Gasteiger partial charge in [0.25, 0.3) is 0 Å². The van der Waals surface area contributed by atoms with Crippen LogP contribution < -0.4 is 0 Å². The molecule has 0 aliphatic carbocycles. The molecular formula is C9H16N2O. The number of aliphatic imine (C=N–C) groups is 1. The first kappa shape index (κ1) is 9.43. The average molecular weight is 168 g/mol. The zero-order valence-corrected chi connectivity index (χ0v) is 7.79. The van der Waals surface area contributed by atoms with Crippen LogP contribution in [0.2, 0.25) is 0 Å². The van der Waals surface area contributed by atoms with E-state index in [1.807, 2.05) is 0 Å². The second kappa shape index (κ2) is 4.39. The molecule has 1 saturated heterocycles. The van der Waals surface area contributed by atoms with Crippen molar-refractivity contribution < 1.29 is 4.79 Å². The van der Waals surface area contributed by atoms with Crippen molar-refractivity contribution in [3.05, 3.63) is 0 Å². The fourth-order valence-electron chi connectivity index (χ4n) is 1.61. The molecule has 12 heavy (non-hydrogen) atoms. The van der Waals surface area contributed by atoms with Crippen LogP contribution in [-0.4, -0.2) is 36.2 Å². The molecule has 0 aromatic carbocycles. The van der Waals surface area contributed by atoms with Crippen molar-refractivity contribution >= 4 is 6.08 Å². The summed E-state index contributed by atoms with van der Waals surface area (Å²) in [5, 5.41) is 0. The van der Waals surface area contributed by atoms with Crippen molar-refractivity contribution in [1.82, 2.24) is 4.90 Å². The second-order valence-corrected chi connectivity index (χ2v) is 3.58. The molecule has 1 heterocycles. The molecule has 3 heteroatoms. The van der Waals surface area contributed by atoms with Crippen LogP contribution in [0.15, 0.2) is 4.99 Å². The normalized spacial score (nSPS) is 20.9. The van der Waals surface area contributed by atoms with Crippen LogP contribution in [-0.2, 0) is 4.79 Å². The second-order valence-electron chi connectivity index (χ2n) is 3.58. The van der Waals surface area contributed by atoms with Crippen molar-refractivity contribution in [2.45, 2.75) is 38.8 Å². The van der Waals surface area contributed by atoms with Gasteiger partial charge in [0.15, 0.2) is 0 Å². The molecule has 68 valence electrons. The SMILES string of the molecule is CC(C)N1CCC(N=C=O)CC1. The Balaban J connectivity index is 2.34. The fraction of sp³-hybridized carbons (Fsp3) is 0.889. The molecule has 0 N–H and O–H groups in total. The predicted octanol–water partition coefficient (Wildman–Crippen LogP) is 1.20. The van der Waals surface area contributed by atoms with E-state index in [-0.39, 0.29) is 6.04 Å². The molecule has 0 aromatic heterocycles. The van der Waals surface area contributed by atoms with Crippen LogP contribution in [0.25, 0.3) is 0 Å². The van der Waals surface area contributed by atoms with Gasteiger partial charge in [0.2, 0.25) is 6.08 Å². The minimum absolute atomic E-state index is 0.234. The van der Waals surface area contributed by atoms with Crippen molar-refractivity contribution in [3.63, 3.8) is 0 Å². The number of hydrogen-bond acceptors (Lipinski definition) is 3. The lowest BCUT2D eigenvalue weighted by Crippen LogP contribution is -2.39. The van der Waals surface area contributed by atoms with Gasteiger partial charge in [-0.2, -0.15) is 0 Å². The molecule has 0 bridgehead atoms. The number of piperidine rings is 1. The largest absolute Gasteiger partial charge is 0.301 e. The quantitative estimate of drug-likeness (QED) is 0.458. The third kappa shape index (κ3) is 2.43. The molecule has 0 spiro atoms. The minimum Gasteiger partial charge on any atom is -0.301 e. The Morgan fingerprint density at radius 1 is 1.42 bits per heavy atom. The van der Waals surface area contributed by atoms with Gasteiger partial charge in [-0.05, 0) is 26.7 Å². The molecule has 1 rings (SSSR count). The molecule has 3 nitrogen and oxygen atoms in total. The highest BCUT2D eigenvalue weighted by molar-refractivity contribution is 5.33. The lowest BCUT2D eigenvalue weighted by atomic mass is 10.0. The van der Waals surface area contributed by atoms with E-state index in [0.29, 0.717) is 6.04 Å². The van der Waals surface area contributed by atoms with E-state index in [0.717, 1.165) is 25.9 Å². The number of nitrogens with zero attached hydrogens (tertiary/aromatic N) is 2. The van der Waals surface area contributed by atoms with E-state index in [4.69, 9.17) is 0 Å². The smallest absolute Gasteiger partial charge is 0.235 e. The van der Waals surface area contributed by atoms with Gasteiger partial charge in [0.05, 0.1) is 6.04 Å². The van der Waals surface area contributed by atoms with Gasteiger partial charge in [-0.25, -0.2) is 9.79 Å². The standard InChI is InChI=1S/C9H16N2O/c1-8(2)11-5-3-9(4-6-11)10-7-12/h8-9H,3-6H2,1-2H3. The van der Waals surface area contributed by atoms with E-state index < -0.39 is 0 Å². The van der Waals surface area contributed by atoms with E-state index in [1.165, 1.54) is 0 Å². The number of hydrogen-bond donors (Lipinski definition) is 0. The van der Waals surface area contributed by atoms with Gasteiger partial charge < -0.3 is 4.90 Å². The first-order valence-electron chi connectivity index (χ1n) is 4.55. The van der Waals surface area contributed by atoms with Gasteiger partial charge in [0, 0.05) is 19.1 Å². The highest BCUT2D eigenvalue weighted by Crippen LogP contribution is 2.14. The Kier molecular flexibility index (Phi) is 3.45. The summed E-state index contributed by atoms with van der Waals surface area (Å²) in [6, 6.07) is 0.851. The maximum atomic E-state index is 9.98. The molecule has 1 aliphatic heterocycles. The van der Waals surface area contributed by atoms with E-state index in [2.05, 4.69) is 23.7 Å². The molecule has 1 fully saturated rings. The van der Waals surface area contributed by atoms with Crippen molar-refractivity contribution in [1.29, 1.82) is 0 Å². The number of likely N-dealkylation sites (tertiary alicyclic amines) is 1. The van der Waals surface area contributed by atoms with Gasteiger partial charge in [-0.1, -0.05) is 0 Å². The summed E-state index contributed by atoms with van der Waals surface area (Å²) in [4.78, 5) is 16.1. The van der Waals surface area contributed by atoms with Crippen LogP contribution >= 0.6 is 0 Å². The van der Waals surface area contributed by atoms with Crippen LogP contribution in [0.4, 0.5) is 0 Å². The molecule has 0 saturated carbocycles. The predicted molar refractivity (Wildman–Crippen MR) is 47.9 cm³/mol. The van der Waals surface area contributed by atoms with Crippen LogP contribution in [0, 0.1) is 0 Å². The van der Waals surface area contributed by atoms with Crippen molar-refractivity contribution in [3.8, 4) is 0 Å². The average Bonchev–Trinajstić information content (AvgIpc) is 2.06. The van der Waals surface area contributed by atoms with Crippen LogP contribution in [0.3, 0.4) is 0 Å². The Labute approximate surface area is 73.5 Å². The molecule has 0 unspecified atom stereocenters. The van der Waals surface area contributed by atoms with Crippen molar-refractivity contribution in [2.75, 3.05) is 13.1 Å². The first-order valence-corrected chi connectivity index (χ1v) is 4.55. The van der Waals surface area contributed by atoms with Gasteiger partial charge in [0.1, 0.15) is 0 Å². The molecule has 0 aromatic rings. The Bertz CT molecular complexity index is 177. The van der Waals surface area contributed by atoms with E-state index in [9.17, 15) is 4.79 Å². The van der Waals surface area contributed by atoms with Gasteiger partial charge in [-0.3, -0.25) is 0 Å². The Morgan fingerprint density at radius 2 is 2.00 bits per heavy atom. The Morgan fingerprint density at radius 3 is 2.42 bits per heavy atom. The van der Waals surface area contributed by atoms with E-state index >= 15 is 0 Å². The fourth-order valence-corrected chi connectivity index (χ4v) is 1.61.